The Bertz CT molecular complexity index is 465. The van der Waals surface area contributed by atoms with Crippen molar-refractivity contribution in [2.45, 2.75) is 30.9 Å². The minimum Gasteiger partial charge on any atom is -0.485 e. The summed E-state index contributed by atoms with van der Waals surface area (Å²) in [5.41, 5.74) is 7.39. The average Bonchev–Trinajstić information content (AvgIpc) is 2.27. The normalized spacial score (nSPS) is 32.1. The molecule has 1 saturated heterocycles. The molecule has 2 heterocycles. The third-order valence-corrected chi connectivity index (χ3v) is 4.52. The van der Waals surface area contributed by atoms with E-state index >= 15 is 0 Å². The summed E-state index contributed by atoms with van der Waals surface area (Å²) in [5.74, 6) is 0.957. The Hall–Kier alpha value is -0.580. The SMILES string of the molecule is CN1CCCC2(C[C@H](N)c3ccc(Br)cc3O2)C1. The number of halogens is 1. The molecule has 18 heavy (non-hydrogen) atoms. The van der Waals surface area contributed by atoms with E-state index in [1.807, 2.05) is 12.1 Å². The van der Waals surface area contributed by atoms with E-state index in [4.69, 9.17) is 10.5 Å². The van der Waals surface area contributed by atoms with Gasteiger partial charge in [-0.25, -0.2) is 0 Å². The zero-order valence-electron chi connectivity index (χ0n) is 10.7. The molecule has 2 aliphatic rings. The number of ether oxygens (including phenoxy) is 1. The van der Waals surface area contributed by atoms with E-state index in [-0.39, 0.29) is 11.6 Å². The molecule has 0 aliphatic carbocycles. The average molecular weight is 311 g/mol. The van der Waals surface area contributed by atoms with Crippen LogP contribution in [0.4, 0.5) is 0 Å². The highest BCUT2D eigenvalue weighted by atomic mass is 79.9. The van der Waals surface area contributed by atoms with Gasteiger partial charge in [0.15, 0.2) is 0 Å². The fourth-order valence-corrected chi connectivity index (χ4v) is 3.60. The molecule has 0 radical (unpaired) electrons. The largest absolute Gasteiger partial charge is 0.485 e. The van der Waals surface area contributed by atoms with Crippen LogP contribution in [-0.4, -0.2) is 30.6 Å². The molecule has 1 fully saturated rings. The molecular weight excluding hydrogens is 292 g/mol. The first-order valence-electron chi connectivity index (χ1n) is 6.51. The minimum absolute atomic E-state index is 0.0831. The highest BCUT2D eigenvalue weighted by Crippen LogP contribution is 2.43. The van der Waals surface area contributed by atoms with Gasteiger partial charge >= 0.3 is 0 Å². The second-order valence-corrected chi connectivity index (χ2v) is 6.53. The summed E-state index contributed by atoms with van der Waals surface area (Å²) >= 11 is 3.50. The predicted molar refractivity (Wildman–Crippen MR) is 75.8 cm³/mol. The van der Waals surface area contributed by atoms with Crippen molar-refractivity contribution in [3.05, 3.63) is 28.2 Å². The first-order chi connectivity index (χ1) is 8.58. The van der Waals surface area contributed by atoms with E-state index in [1.54, 1.807) is 0 Å². The van der Waals surface area contributed by atoms with Gasteiger partial charge in [-0.1, -0.05) is 22.0 Å². The molecule has 1 aromatic carbocycles. The lowest BCUT2D eigenvalue weighted by Gasteiger charge is -2.46. The van der Waals surface area contributed by atoms with Crippen LogP contribution in [0.2, 0.25) is 0 Å². The van der Waals surface area contributed by atoms with Crippen molar-refractivity contribution in [2.24, 2.45) is 5.73 Å². The Balaban J connectivity index is 1.94. The molecule has 1 unspecified atom stereocenters. The zero-order chi connectivity index (χ0) is 12.8. The van der Waals surface area contributed by atoms with Crippen molar-refractivity contribution in [1.82, 2.24) is 4.90 Å². The minimum atomic E-state index is -0.0831. The molecule has 2 aliphatic heterocycles. The number of nitrogens with zero attached hydrogens (tertiary/aromatic N) is 1. The van der Waals surface area contributed by atoms with Crippen LogP contribution in [0, 0.1) is 0 Å². The van der Waals surface area contributed by atoms with E-state index in [2.05, 4.69) is 33.9 Å². The second kappa shape index (κ2) is 4.51. The van der Waals surface area contributed by atoms with Crippen LogP contribution in [0.15, 0.2) is 22.7 Å². The first-order valence-corrected chi connectivity index (χ1v) is 7.30. The van der Waals surface area contributed by atoms with Crippen molar-refractivity contribution in [3.63, 3.8) is 0 Å². The highest BCUT2D eigenvalue weighted by molar-refractivity contribution is 9.10. The van der Waals surface area contributed by atoms with Crippen LogP contribution in [0.1, 0.15) is 30.9 Å². The summed E-state index contributed by atoms with van der Waals surface area (Å²) in [4.78, 5) is 2.35. The van der Waals surface area contributed by atoms with Gasteiger partial charge in [0.05, 0.1) is 0 Å². The van der Waals surface area contributed by atoms with Crippen molar-refractivity contribution in [2.75, 3.05) is 20.1 Å². The number of likely N-dealkylation sites (tertiary alicyclic amines) is 1. The monoisotopic (exact) mass is 310 g/mol. The molecule has 0 saturated carbocycles. The molecule has 0 aromatic heterocycles. The van der Waals surface area contributed by atoms with Gasteiger partial charge < -0.3 is 15.4 Å². The molecule has 4 heteroatoms. The lowest BCUT2D eigenvalue weighted by Crippen LogP contribution is -2.53. The Morgan fingerprint density at radius 3 is 3.11 bits per heavy atom. The fraction of sp³-hybridized carbons (Fsp3) is 0.571. The van der Waals surface area contributed by atoms with Crippen LogP contribution < -0.4 is 10.5 Å². The number of hydrogen-bond acceptors (Lipinski definition) is 3. The van der Waals surface area contributed by atoms with Crippen LogP contribution in [-0.2, 0) is 0 Å². The molecule has 98 valence electrons. The molecular formula is C14H19BrN2O. The maximum atomic E-state index is 6.33. The van der Waals surface area contributed by atoms with Gasteiger partial charge in [-0.2, -0.15) is 0 Å². The number of likely N-dealkylation sites (N-methyl/N-ethyl adjacent to an activating group) is 1. The third-order valence-electron chi connectivity index (χ3n) is 4.02. The Kier molecular flexibility index (Phi) is 3.12. The molecule has 3 nitrogen and oxygen atoms in total. The zero-order valence-corrected chi connectivity index (χ0v) is 12.2. The third kappa shape index (κ3) is 2.17. The molecule has 0 amide bonds. The smallest absolute Gasteiger partial charge is 0.126 e. The Morgan fingerprint density at radius 1 is 1.50 bits per heavy atom. The Morgan fingerprint density at radius 2 is 2.33 bits per heavy atom. The standard InChI is InChI=1S/C14H19BrN2O/c1-17-6-2-5-14(9-17)8-12(16)11-4-3-10(15)7-13(11)18-14/h3-4,7,12H,2,5-6,8-9,16H2,1H3/t12-,14?/m0/s1. The van der Waals surface area contributed by atoms with Gasteiger partial charge in [0, 0.05) is 29.0 Å². The van der Waals surface area contributed by atoms with Gasteiger partial charge in [0.25, 0.3) is 0 Å². The lowest BCUT2D eigenvalue weighted by molar-refractivity contribution is -0.0234. The second-order valence-electron chi connectivity index (χ2n) is 5.62. The van der Waals surface area contributed by atoms with Crippen LogP contribution in [0.3, 0.4) is 0 Å². The number of benzene rings is 1. The highest BCUT2D eigenvalue weighted by Gasteiger charge is 2.42. The topological polar surface area (TPSA) is 38.5 Å². The summed E-state index contributed by atoms with van der Waals surface area (Å²) in [6, 6.07) is 6.25. The van der Waals surface area contributed by atoms with Crippen molar-refractivity contribution in [3.8, 4) is 5.75 Å². The number of piperidine rings is 1. The van der Waals surface area contributed by atoms with Crippen molar-refractivity contribution in [1.29, 1.82) is 0 Å². The number of rotatable bonds is 0. The summed E-state index contributed by atoms with van der Waals surface area (Å²) < 4.78 is 7.38. The summed E-state index contributed by atoms with van der Waals surface area (Å²) in [6.45, 7) is 2.14. The van der Waals surface area contributed by atoms with Crippen molar-refractivity contribution >= 4 is 15.9 Å². The summed E-state index contributed by atoms with van der Waals surface area (Å²) in [7, 11) is 2.16. The van der Waals surface area contributed by atoms with E-state index in [1.165, 1.54) is 6.42 Å². The molecule has 2 atom stereocenters. The van der Waals surface area contributed by atoms with Gasteiger partial charge in [-0.3, -0.25) is 0 Å². The van der Waals surface area contributed by atoms with E-state index in [9.17, 15) is 0 Å². The Labute approximate surface area is 116 Å². The summed E-state index contributed by atoms with van der Waals surface area (Å²) in [6.07, 6.45) is 3.22. The predicted octanol–water partition coefficient (Wildman–Crippen LogP) is 2.70. The maximum Gasteiger partial charge on any atom is 0.126 e. The van der Waals surface area contributed by atoms with Gasteiger partial charge in [-0.15, -0.1) is 0 Å². The maximum absolute atomic E-state index is 6.33. The van der Waals surface area contributed by atoms with E-state index in [0.717, 1.165) is 41.7 Å². The molecule has 3 rings (SSSR count). The van der Waals surface area contributed by atoms with Gasteiger partial charge in [-0.05, 0) is 38.6 Å². The van der Waals surface area contributed by atoms with Gasteiger partial charge in [0.2, 0.25) is 0 Å². The van der Waals surface area contributed by atoms with Crippen LogP contribution >= 0.6 is 15.9 Å². The lowest BCUT2D eigenvalue weighted by atomic mass is 9.82. The number of hydrogen-bond donors (Lipinski definition) is 1. The quantitative estimate of drug-likeness (QED) is 0.800. The van der Waals surface area contributed by atoms with E-state index < -0.39 is 0 Å². The van der Waals surface area contributed by atoms with Crippen molar-refractivity contribution < 1.29 is 4.74 Å². The molecule has 0 bridgehead atoms. The molecule has 2 N–H and O–H groups in total. The van der Waals surface area contributed by atoms with E-state index in [0.29, 0.717) is 0 Å². The van der Waals surface area contributed by atoms with Gasteiger partial charge in [0.1, 0.15) is 11.4 Å². The van der Waals surface area contributed by atoms with Crippen LogP contribution in [0.5, 0.6) is 5.75 Å². The number of fused-ring (bicyclic) bond motifs is 1. The first kappa shape index (κ1) is 12.5. The fourth-order valence-electron chi connectivity index (χ4n) is 3.26. The van der Waals surface area contributed by atoms with Crippen LogP contribution in [0.25, 0.3) is 0 Å². The summed E-state index contributed by atoms with van der Waals surface area (Å²) in [5, 5.41) is 0. The molecule has 1 aromatic rings. The number of nitrogens with two attached hydrogens (primary N) is 1. The molecule has 1 spiro atoms.